The molecule has 35 heavy (non-hydrogen) atoms. The molecule has 0 bridgehead atoms. The molecule has 8 atom stereocenters. The summed E-state index contributed by atoms with van der Waals surface area (Å²) in [5.41, 5.74) is 2.39. The van der Waals surface area contributed by atoms with Gasteiger partial charge in [-0.1, -0.05) is 65.5 Å². The van der Waals surface area contributed by atoms with Crippen LogP contribution in [0.15, 0.2) is 11.6 Å². The zero-order valence-electron chi connectivity index (χ0n) is 23.3. The first-order chi connectivity index (χ1) is 16.7. The molecule has 2 N–H and O–H groups in total. The monoisotopic (exact) mass is 487 g/mol. The Hall–Kier alpha value is -1.03. The summed E-state index contributed by atoms with van der Waals surface area (Å²) in [5.74, 6) is 5.13. The van der Waals surface area contributed by atoms with Crippen molar-refractivity contribution in [1.29, 1.82) is 0 Å². The van der Waals surface area contributed by atoms with E-state index in [4.69, 9.17) is 9.84 Å². The van der Waals surface area contributed by atoms with Gasteiger partial charge in [0.25, 0.3) is 0 Å². The van der Waals surface area contributed by atoms with Crippen LogP contribution in [0.4, 0.5) is 4.79 Å². The van der Waals surface area contributed by atoms with Crippen molar-refractivity contribution in [3.05, 3.63) is 11.6 Å². The van der Waals surface area contributed by atoms with Gasteiger partial charge < -0.3 is 15.2 Å². The van der Waals surface area contributed by atoms with Gasteiger partial charge in [0.2, 0.25) is 0 Å². The second-order valence-electron chi connectivity index (χ2n) is 13.6. The molecule has 0 aromatic carbocycles. The van der Waals surface area contributed by atoms with Gasteiger partial charge >= 0.3 is 6.09 Å². The number of amides is 1. The van der Waals surface area contributed by atoms with Gasteiger partial charge in [-0.2, -0.15) is 0 Å². The van der Waals surface area contributed by atoms with Crippen LogP contribution in [0.3, 0.4) is 0 Å². The Kier molecular flexibility index (Phi) is 8.61. The van der Waals surface area contributed by atoms with E-state index in [-0.39, 0.29) is 18.8 Å². The number of nitrogens with one attached hydrogen (secondary N) is 1. The predicted octanol–water partition coefficient (Wildman–Crippen LogP) is 7.51. The van der Waals surface area contributed by atoms with E-state index in [0.29, 0.717) is 23.8 Å². The van der Waals surface area contributed by atoms with Gasteiger partial charge in [-0.05, 0) is 97.7 Å². The van der Waals surface area contributed by atoms with Crippen LogP contribution in [0.25, 0.3) is 0 Å². The maximum atomic E-state index is 12.2. The van der Waals surface area contributed by atoms with Crippen molar-refractivity contribution in [3.8, 4) is 0 Å². The SMILES string of the molecule is CC(C)CCC[C@@H](C)[C@H]1CC[C@H]2[C@@H]3CC=C4C[C@@H](OC(=O)NCCCO)CC[C@]4(C)[C@H]3CC[C@]12C. The van der Waals surface area contributed by atoms with E-state index in [1.807, 2.05) is 0 Å². The average molecular weight is 488 g/mol. The third kappa shape index (κ3) is 5.48. The van der Waals surface area contributed by atoms with E-state index in [9.17, 15) is 4.79 Å². The minimum absolute atomic E-state index is 0.00333. The van der Waals surface area contributed by atoms with Crippen molar-refractivity contribution >= 4 is 6.09 Å². The quantitative estimate of drug-likeness (QED) is 0.261. The highest BCUT2D eigenvalue weighted by Gasteiger charge is 2.59. The lowest BCUT2D eigenvalue weighted by Crippen LogP contribution is -2.51. The van der Waals surface area contributed by atoms with Crippen molar-refractivity contribution in [2.75, 3.05) is 13.2 Å². The summed E-state index contributed by atoms with van der Waals surface area (Å²) >= 11 is 0. The molecule has 200 valence electrons. The number of ether oxygens (including phenoxy) is 1. The lowest BCUT2D eigenvalue weighted by Gasteiger charge is -2.58. The average Bonchev–Trinajstić information content (AvgIpc) is 3.16. The first-order valence-electron chi connectivity index (χ1n) is 14.9. The van der Waals surface area contributed by atoms with E-state index in [0.717, 1.165) is 54.8 Å². The number of carbonyl (C=O) groups excluding carboxylic acids is 1. The van der Waals surface area contributed by atoms with Crippen LogP contribution in [0, 0.1) is 46.3 Å². The van der Waals surface area contributed by atoms with Crippen LogP contribution in [0.5, 0.6) is 0 Å². The Labute approximate surface area is 215 Å². The molecular weight excluding hydrogens is 434 g/mol. The Morgan fingerprint density at radius 2 is 1.89 bits per heavy atom. The van der Waals surface area contributed by atoms with E-state index < -0.39 is 0 Å². The van der Waals surface area contributed by atoms with Gasteiger partial charge in [-0.25, -0.2) is 4.79 Å². The summed E-state index contributed by atoms with van der Waals surface area (Å²) in [6.45, 7) is 13.1. The molecule has 0 aromatic heterocycles. The first-order valence-corrected chi connectivity index (χ1v) is 14.9. The molecule has 0 saturated heterocycles. The molecule has 3 saturated carbocycles. The van der Waals surface area contributed by atoms with Crippen molar-refractivity contribution in [3.63, 3.8) is 0 Å². The van der Waals surface area contributed by atoms with Crippen LogP contribution in [-0.4, -0.2) is 30.5 Å². The molecule has 3 fully saturated rings. The van der Waals surface area contributed by atoms with Crippen LogP contribution in [-0.2, 0) is 4.74 Å². The molecule has 1 amide bonds. The first kappa shape index (κ1) is 27.0. The Morgan fingerprint density at radius 3 is 2.63 bits per heavy atom. The molecule has 0 heterocycles. The molecule has 4 aliphatic rings. The highest BCUT2D eigenvalue weighted by atomic mass is 16.6. The summed E-state index contributed by atoms with van der Waals surface area (Å²) in [5, 5.41) is 11.7. The second-order valence-corrected chi connectivity index (χ2v) is 13.6. The maximum Gasteiger partial charge on any atom is 0.407 e. The van der Waals surface area contributed by atoms with Gasteiger partial charge in [-0.3, -0.25) is 0 Å². The molecule has 4 heteroatoms. The summed E-state index contributed by atoms with van der Waals surface area (Å²) in [6.07, 6.45) is 17.0. The fraction of sp³-hybridized carbons (Fsp3) is 0.903. The molecule has 0 aromatic rings. The number of alkyl carbamates (subject to hydrolysis) is 1. The number of aliphatic hydroxyl groups is 1. The topological polar surface area (TPSA) is 58.6 Å². The van der Waals surface area contributed by atoms with Crippen molar-refractivity contribution in [2.45, 2.75) is 118 Å². The third-order valence-electron chi connectivity index (χ3n) is 11.1. The minimum Gasteiger partial charge on any atom is -0.446 e. The maximum absolute atomic E-state index is 12.2. The second kappa shape index (κ2) is 11.2. The Bertz CT molecular complexity index is 762. The van der Waals surface area contributed by atoms with E-state index in [1.54, 1.807) is 5.57 Å². The number of rotatable bonds is 9. The summed E-state index contributed by atoms with van der Waals surface area (Å²) < 4.78 is 5.77. The van der Waals surface area contributed by atoms with Crippen LogP contribution >= 0.6 is 0 Å². The zero-order chi connectivity index (χ0) is 25.2. The lowest BCUT2D eigenvalue weighted by molar-refractivity contribution is -0.0581. The normalized spacial score (nSPS) is 39.3. The highest BCUT2D eigenvalue weighted by molar-refractivity contribution is 5.67. The summed E-state index contributed by atoms with van der Waals surface area (Å²) in [7, 11) is 0. The number of hydrogen-bond donors (Lipinski definition) is 2. The number of hydrogen-bond acceptors (Lipinski definition) is 3. The Morgan fingerprint density at radius 1 is 1.09 bits per heavy atom. The van der Waals surface area contributed by atoms with E-state index in [1.165, 1.54) is 51.4 Å². The van der Waals surface area contributed by atoms with Gasteiger partial charge in [0.15, 0.2) is 0 Å². The summed E-state index contributed by atoms with van der Waals surface area (Å²) in [4.78, 5) is 12.2. The van der Waals surface area contributed by atoms with Crippen molar-refractivity contribution in [2.24, 2.45) is 46.3 Å². The van der Waals surface area contributed by atoms with Gasteiger partial charge in [-0.15, -0.1) is 0 Å². The van der Waals surface area contributed by atoms with Gasteiger partial charge in [0, 0.05) is 19.6 Å². The minimum atomic E-state index is -0.325. The fourth-order valence-electron chi connectivity index (χ4n) is 9.22. The lowest BCUT2D eigenvalue weighted by atomic mass is 9.47. The molecule has 0 aliphatic heterocycles. The number of carbonyl (C=O) groups is 1. The van der Waals surface area contributed by atoms with Gasteiger partial charge in [0.05, 0.1) is 0 Å². The number of allylic oxidation sites excluding steroid dienone is 1. The molecule has 0 unspecified atom stereocenters. The predicted molar refractivity (Wildman–Crippen MR) is 143 cm³/mol. The molecule has 4 rings (SSSR count). The summed E-state index contributed by atoms with van der Waals surface area (Å²) in [6, 6.07) is 0. The number of fused-ring (bicyclic) bond motifs is 5. The van der Waals surface area contributed by atoms with Crippen molar-refractivity contribution < 1.29 is 14.6 Å². The van der Waals surface area contributed by atoms with Crippen LogP contribution in [0.2, 0.25) is 0 Å². The largest absolute Gasteiger partial charge is 0.446 e. The van der Waals surface area contributed by atoms with E-state index >= 15 is 0 Å². The van der Waals surface area contributed by atoms with Gasteiger partial charge in [0.1, 0.15) is 6.10 Å². The molecule has 4 nitrogen and oxygen atoms in total. The molecule has 0 radical (unpaired) electrons. The number of aliphatic hydroxyl groups excluding tert-OH is 1. The third-order valence-corrected chi connectivity index (χ3v) is 11.1. The molecule has 4 aliphatic carbocycles. The van der Waals surface area contributed by atoms with Crippen LogP contribution < -0.4 is 5.32 Å². The highest BCUT2D eigenvalue weighted by Crippen LogP contribution is 2.67. The van der Waals surface area contributed by atoms with Crippen LogP contribution in [0.1, 0.15) is 112 Å². The van der Waals surface area contributed by atoms with E-state index in [2.05, 4.69) is 46.0 Å². The zero-order valence-corrected chi connectivity index (χ0v) is 23.3. The fourth-order valence-corrected chi connectivity index (χ4v) is 9.22. The standard InChI is InChI=1S/C31H53NO3/c1-21(2)8-6-9-22(3)26-12-13-27-25-11-10-23-20-24(35-29(34)32-18-7-19-33)14-16-30(23,4)28(25)15-17-31(26,27)5/h10,21-22,24-28,33H,6-9,11-20H2,1-5H3,(H,32,34)/t22-,24+,25+,26-,27+,28+,30+,31-/m1/s1. The smallest absolute Gasteiger partial charge is 0.407 e. The van der Waals surface area contributed by atoms with Crippen molar-refractivity contribution in [1.82, 2.24) is 5.32 Å². The molecule has 0 spiro atoms. The molecular formula is C31H53NO3. The Balaban J connectivity index is 1.39.